The van der Waals surface area contributed by atoms with Gasteiger partial charge in [0.1, 0.15) is 4.21 Å². The van der Waals surface area contributed by atoms with E-state index in [4.69, 9.17) is 0 Å². The van der Waals surface area contributed by atoms with Gasteiger partial charge in [-0.15, -0.1) is 11.3 Å². The lowest BCUT2D eigenvalue weighted by Gasteiger charge is -2.17. The molecule has 0 bridgehead atoms. The fourth-order valence-corrected chi connectivity index (χ4v) is 4.57. The van der Waals surface area contributed by atoms with Crippen LogP contribution < -0.4 is 10.0 Å². The molecule has 0 unspecified atom stereocenters. The Kier molecular flexibility index (Phi) is 6.44. The van der Waals surface area contributed by atoms with Gasteiger partial charge in [0.15, 0.2) is 0 Å². The third kappa shape index (κ3) is 5.96. The first kappa shape index (κ1) is 22.2. The van der Waals surface area contributed by atoms with Gasteiger partial charge in [0.25, 0.3) is 10.0 Å². The van der Waals surface area contributed by atoms with Crippen molar-refractivity contribution in [2.45, 2.75) is 37.6 Å². The highest BCUT2D eigenvalue weighted by Crippen LogP contribution is 2.31. The first-order chi connectivity index (χ1) is 12.8. The minimum absolute atomic E-state index is 0.0120. The van der Waals surface area contributed by atoms with Crippen LogP contribution in [0.5, 0.6) is 0 Å². The Labute approximate surface area is 166 Å². The second-order valence-electron chi connectivity index (χ2n) is 7.16. The summed E-state index contributed by atoms with van der Waals surface area (Å²) >= 11 is 1.00. The second-order valence-corrected chi connectivity index (χ2v) is 10.2. The Morgan fingerprint density at radius 2 is 1.79 bits per heavy atom. The first-order valence-electron chi connectivity index (χ1n) is 8.36. The van der Waals surface area contributed by atoms with Crippen LogP contribution in [0.1, 0.15) is 31.2 Å². The highest BCUT2D eigenvalue weighted by molar-refractivity contribution is 7.94. The maximum absolute atomic E-state index is 12.8. The van der Waals surface area contributed by atoms with Crippen LogP contribution >= 0.6 is 11.3 Å². The summed E-state index contributed by atoms with van der Waals surface area (Å²) in [6, 6.07) is 7.01. The number of halogens is 3. The third-order valence-electron chi connectivity index (χ3n) is 3.68. The highest BCUT2D eigenvalue weighted by Gasteiger charge is 2.31. The van der Waals surface area contributed by atoms with E-state index in [1.807, 2.05) is 0 Å². The molecule has 0 aliphatic carbocycles. The number of amides is 1. The van der Waals surface area contributed by atoms with Gasteiger partial charge in [-0.1, -0.05) is 26.8 Å². The number of hydrogen-bond acceptors (Lipinski definition) is 4. The van der Waals surface area contributed by atoms with Gasteiger partial charge in [-0.2, -0.15) is 13.2 Å². The molecule has 0 fully saturated rings. The Hall–Kier alpha value is -2.07. The molecule has 0 saturated heterocycles. The molecule has 1 heterocycles. The van der Waals surface area contributed by atoms with E-state index < -0.39 is 27.2 Å². The van der Waals surface area contributed by atoms with Crippen LogP contribution in [-0.2, 0) is 27.4 Å². The van der Waals surface area contributed by atoms with Gasteiger partial charge in [-0.05, 0) is 36.8 Å². The normalized spacial score (nSPS) is 12.6. The predicted octanol–water partition coefficient (Wildman–Crippen LogP) is 4.27. The van der Waals surface area contributed by atoms with Crippen LogP contribution in [-0.4, -0.2) is 20.9 Å². The lowest BCUT2D eigenvalue weighted by atomic mass is 9.96. The average Bonchev–Trinajstić information content (AvgIpc) is 3.03. The molecule has 0 aliphatic heterocycles. The molecule has 0 spiro atoms. The summed E-state index contributed by atoms with van der Waals surface area (Å²) in [6.07, 6.45) is -4.11. The Morgan fingerprint density at radius 1 is 1.11 bits per heavy atom. The van der Waals surface area contributed by atoms with Crippen LogP contribution in [0.3, 0.4) is 0 Å². The number of hydrogen-bond donors (Lipinski definition) is 2. The van der Waals surface area contributed by atoms with Crippen molar-refractivity contribution in [3.8, 4) is 0 Å². The van der Waals surface area contributed by atoms with Crippen molar-refractivity contribution in [3.05, 3.63) is 46.8 Å². The summed E-state index contributed by atoms with van der Waals surface area (Å²) < 4.78 is 65.3. The van der Waals surface area contributed by atoms with Crippen molar-refractivity contribution in [3.63, 3.8) is 0 Å². The van der Waals surface area contributed by atoms with E-state index in [1.165, 1.54) is 12.1 Å². The van der Waals surface area contributed by atoms with Gasteiger partial charge >= 0.3 is 6.18 Å². The molecular formula is C18H21F3N2O3S2. The average molecular weight is 435 g/mol. The smallest absolute Gasteiger partial charge is 0.355 e. The molecule has 0 radical (unpaired) electrons. The number of carbonyl (C=O) groups is 1. The third-order valence-corrected chi connectivity index (χ3v) is 6.70. The van der Waals surface area contributed by atoms with Crippen molar-refractivity contribution in [1.82, 2.24) is 5.32 Å². The number of sulfonamides is 1. The molecule has 1 aromatic carbocycles. The van der Waals surface area contributed by atoms with E-state index in [-0.39, 0.29) is 15.8 Å². The fourth-order valence-electron chi connectivity index (χ4n) is 2.17. The molecule has 0 atom stereocenters. The van der Waals surface area contributed by atoms with Gasteiger partial charge < -0.3 is 5.32 Å². The predicted molar refractivity (Wildman–Crippen MR) is 103 cm³/mol. The lowest BCUT2D eigenvalue weighted by Crippen LogP contribution is -2.35. The summed E-state index contributed by atoms with van der Waals surface area (Å²) in [5, 5.41) is 2.78. The molecule has 154 valence electrons. The molecule has 2 N–H and O–H groups in total. The van der Waals surface area contributed by atoms with Gasteiger partial charge in [0.2, 0.25) is 5.91 Å². The van der Waals surface area contributed by atoms with E-state index in [0.29, 0.717) is 13.0 Å². The molecule has 5 nitrogen and oxygen atoms in total. The molecule has 0 aliphatic rings. The molecule has 0 saturated carbocycles. The number of alkyl halides is 3. The summed E-state index contributed by atoms with van der Waals surface area (Å²) in [7, 11) is -4.01. The summed E-state index contributed by atoms with van der Waals surface area (Å²) in [5.74, 6) is -0.108. The quantitative estimate of drug-likeness (QED) is 0.713. The van der Waals surface area contributed by atoms with Crippen molar-refractivity contribution < 1.29 is 26.4 Å². The van der Waals surface area contributed by atoms with Crippen molar-refractivity contribution in [2.75, 3.05) is 11.3 Å². The highest BCUT2D eigenvalue weighted by atomic mass is 32.2. The zero-order valence-electron chi connectivity index (χ0n) is 15.6. The molecule has 2 aromatic rings. The number of thiophene rings is 1. The molecule has 28 heavy (non-hydrogen) atoms. The molecule has 2 rings (SSSR count). The van der Waals surface area contributed by atoms with Crippen LogP contribution in [0, 0.1) is 5.41 Å². The van der Waals surface area contributed by atoms with E-state index in [9.17, 15) is 26.4 Å². The molecule has 1 aromatic heterocycles. The van der Waals surface area contributed by atoms with Crippen molar-refractivity contribution in [1.29, 1.82) is 0 Å². The standard InChI is InChI=1S/C18H21F3N2O3S2/c1-17(2,3)16(24)22-10-9-14-7-8-15(27-14)28(25,26)23-13-6-4-5-12(11-13)18(19,20)21/h4-8,11,23H,9-10H2,1-3H3,(H,22,24). The summed E-state index contributed by atoms with van der Waals surface area (Å²) in [5.41, 5.74) is -1.62. The van der Waals surface area contributed by atoms with Crippen LogP contribution in [0.25, 0.3) is 0 Å². The minimum Gasteiger partial charge on any atom is -0.355 e. The van der Waals surface area contributed by atoms with Crippen LogP contribution in [0.4, 0.5) is 18.9 Å². The van der Waals surface area contributed by atoms with E-state index >= 15 is 0 Å². The Bertz CT molecular complexity index is 945. The number of rotatable bonds is 6. The largest absolute Gasteiger partial charge is 0.416 e. The maximum Gasteiger partial charge on any atom is 0.416 e. The summed E-state index contributed by atoms with van der Waals surface area (Å²) in [4.78, 5) is 12.6. The number of anilines is 1. The topological polar surface area (TPSA) is 75.3 Å². The van der Waals surface area contributed by atoms with Gasteiger partial charge in [-0.25, -0.2) is 8.42 Å². The molecule has 1 amide bonds. The van der Waals surface area contributed by atoms with Crippen LogP contribution in [0.2, 0.25) is 0 Å². The van der Waals surface area contributed by atoms with Crippen LogP contribution in [0.15, 0.2) is 40.6 Å². The minimum atomic E-state index is -4.56. The van der Waals surface area contributed by atoms with Gasteiger partial charge in [0.05, 0.1) is 5.56 Å². The zero-order valence-corrected chi connectivity index (χ0v) is 17.2. The van der Waals surface area contributed by atoms with Gasteiger partial charge in [-0.3, -0.25) is 9.52 Å². The maximum atomic E-state index is 12.8. The monoisotopic (exact) mass is 434 g/mol. The molecular weight excluding hydrogens is 413 g/mol. The number of benzene rings is 1. The SMILES string of the molecule is CC(C)(C)C(=O)NCCc1ccc(S(=O)(=O)Nc2cccc(C(F)(F)F)c2)s1. The van der Waals surface area contributed by atoms with E-state index in [1.54, 1.807) is 26.8 Å². The van der Waals surface area contributed by atoms with Crippen molar-refractivity contribution >= 4 is 33.0 Å². The summed E-state index contributed by atoms with van der Waals surface area (Å²) in [6.45, 7) is 5.73. The Balaban J connectivity index is 2.04. The number of nitrogens with one attached hydrogen (secondary N) is 2. The van der Waals surface area contributed by atoms with E-state index in [0.717, 1.165) is 34.4 Å². The molecule has 10 heteroatoms. The zero-order chi connectivity index (χ0) is 21.2. The Morgan fingerprint density at radius 3 is 2.39 bits per heavy atom. The van der Waals surface area contributed by atoms with E-state index in [2.05, 4.69) is 10.0 Å². The first-order valence-corrected chi connectivity index (χ1v) is 10.7. The lowest BCUT2D eigenvalue weighted by molar-refractivity contribution is -0.137. The number of carbonyl (C=O) groups excluding carboxylic acids is 1. The van der Waals surface area contributed by atoms with Crippen molar-refractivity contribution in [2.24, 2.45) is 5.41 Å². The second kappa shape index (κ2) is 8.12. The fraction of sp³-hybridized carbons (Fsp3) is 0.389. The van der Waals surface area contributed by atoms with Gasteiger partial charge in [0, 0.05) is 22.5 Å².